The lowest BCUT2D eigenvalue weighted by molar-refractivity contribution is 0.938. The lowest BCUT2D eigenvalue weighted by Crippen LogP contribution is -2.27. The number of thiophene rings is 1. The molecular formula is C16H12Cl2N2S2. The number of hydrogen-bond donors (Lipinski definition) is 2. The fourth-order valence-electron chi connectivity index (χ4n) is 2.11. The van der Waals surface area contributed by atoms with E-state index in [1.807, 2.05) is 24.3 Å². The number of nitrogens with one attached hydrogen (secondary N) is 2. The predicted molar refractivity (Wildman–Crippen MR) is 101 cm³/mol. The summed E-state index contributed by atoms with van der Waals surface area (Å²) in [5.41, 5.74) is 1.92. The van der Waals surface area contributed by atoms with Crippen LogP contribution in [0.3, 0.4) is 0 Å². The van der Waals surface area contributed by atoms with Crippen molar-refractivity contribution in [2.75, 3.05) is 5.32 Å². The van der Waals surface area contributed by atoms with Crippen molar-refractivity contribution in [2.45, 2.75) is 6.54 Å². The zero-order valence-corrected chi connectivity index (χ0v) is 14.5. The summed E-state index contributed by atoms with van der Waals surface area (Å²) in [6.45, 7) is 0.661. The molecule has 0 unspecified atom stereocenters. The fourth-order valence-corrected chi connectivity index (χ4v) is 3.60. The van der Waals surface area contributed by atoms with E-state index in [4.69, 9.17) is 35.4 Å². The van der Waals surface area contributed by atoms with Gasteiger partial charge >= 0.3 is 0 Å². The van der Waals surface area contributed by atoms with Crippen LogP contribution >= 0.6 is 46.8 Å². The number of hydrogen-bond acceptors (Lipinski definition) is 2. The fraction of sp³-hybridized carbons (Fsp3) is 0.0625. The van der Waals surface area contributed by atoms with Crippen LogP contribution in [0.2, 0.25) is 10.0 Å². The van der Waals surface area contributed by atoms with Crippen LogP contribution in [0.15, 0.2) is 47.8 Å². The molecule has 1 aromatic heterocycles. The number of anilines is 1. The van der Waals surface area contributed by atoms with Crippen molar-refractivity contribution in [3.05, 3.63) is 63.5 Å². The molecule has 0 saturated carbocycles. The Morgan fingerprint density at radius 2 is 1.91 bits per heavy atom. The SMILES string of the molecule is S=C(NCc1csc2ccccc12)Nc1cccc(Cl)c1Cl. The molecule has 0 aliphatic carbocycles. The number of halogens is 2. The molecule has 22 heavy (non-hydrogen) atoms. The topological polar surface area (TPSA) is 24.1 Å². The monoisotopic (exact) mass is 366 g/mol. The van der Waals surface area contributed by atoms with Crippen molar-refractivity contribution in [2.24, 2.45) is 0 Å². The quantitative estimate of drug-likeness (QED) is 0.581. The van der Waals surface area contributed by atoms with Crippen LogP contribution in [0, 0.1) is 0 Å². The van der Waals surface area contributed by atoms with E-state index in [9.17, 15) is 0 Å². The Balaban J connectivity index is 1.66. The van der Waals surface area contributed by atoms with E-state index in [0.717, 1.165) is 0 Å². The van der Waals surface area contributed by atoms with Crippen LogP contribution < -0.4 is 10.6 Å². The molecular weight excluding hydrogens is 355 g/mol. The van der Waals surface area contributed by atoms with Crippen molar-refractivity contribution < 1.29 is 0 Å². The van der Waals surface area contributed by atoms with Gasteiger partial charge < -0.3 is 10.6 Å². The summed E-state index contributed by atoms with van der Waals surface area (Å²) in [4.78, 5) is 0. The van der Waals surface area contributed by atoms with Crippen LogP contribution in [0.5, 0.6) is 0 Å². The highest BCUT2D eigenvalue weighted by Crippen LogP contribution is 2.29. The first-order valence-electron chi connectivity index (χ1n) is 6.59. The molecule has 0 saturated heterocycles. The molecule has 0 aliphatic heterocycles. The molecule has 0 fully saturated rings. The number of fused-ring (bicyclic) bond motifs is 1. The summed E-state index contributed by atoms with van der Waals surface area (Å²) in [6.07, 6.45) is 0. The maximum atomic E-state index is 6.13. The minimum Gasteiger partial charge on any atom is -0.358 e. The van der Waals surface area contributed by atoms with Crippen LogP contribution in [0.25, 0.3) is 10.1 Å². The zero-order chi connectivity index (χ0) is 15.5. The maximum absolute atomic E-state index is 6.13. The molecule has 0 aliphatic rings. The van der Waals surface area contributed by atoms with E-state index < -0.39 is 0 Å². The molecule has 0 atom stereocenters. The number of benzene rings is 2. The molecule has 0 bridgehead atoms. The molecule has 2 nitrogen and oxygen atoms in total. The molecule has 0 spiro atoms. The van der Waals surface area contributed by atoms with Gasteiger partial charge in [0.1, 0.15) is 0 Å². The van der Waals surface area contributed by atoms with Crippen molar-refractivity contribution in [3.8, 4) is 0 Å². The smallest absolute Gasteiger partial charge is 0.171 e. The van der Waals surface area contributed by atoms with Gasteiger partial charge in [0.2, 0.25) is 0 Å². The van der Waals surface area contributed by atoms with Gasteiger partial charge in [-0.2, -0.15) is 0 Å². The van der Waals surface area contributed by atoms with E-state index in [1.165, 1.54) is 15.6 Å². The van der Waals surface area contributed by atoms with Gasteiger partial charge in [0.15, 0.2) is 5.11 Å². The van der Waals surface area contributed by atoms with Gasteiger partial charge in [0.05, 0.1) is 15.7 Å². The van der Waals surface area contributed by atoms with Crippen molar-refractivity contribution in [1.29, 1.82) is 0 Å². The summed E-state index contributed by atoms with van der Waals surface area (Å²) in [5.74, 6) is 0. The molecule has 3 aromatic rings. The molecule has 3 rings (SSSR count). The number of rotatable bonds is 3. The van der Waals surface area contributed by atoms with E-state index >= 15 is 0 Å². The second-order valence-electron chi connectivity index (χ2n) is 4.67. The molecule has 2 aromatic carbocycles. The predicted octanol–water partition coefficient (Wildman–Crippen LogP) is 5.69. The van der Waals surface area contributed by atoms with E-state index in [1.54, 1.807) is 17.4 Å². The maximum Gasteiger partial charge on any atom is 0.171 e. The molecule has 2 N–H and O–H groups in total. The van der Waals surface area contributed by atoms with Crippen molar-refractivity contribution in [1.82, 2.24) is 5.32 Å². The van der Waals surface area contributed by atoms with E-state index in [-0.39, 0.29) is 0 Å². The van der Waals surface area contributed by atoms with Gasteiger partial charge in [-0.1, -0.05) is 47.5 Å². The summed E-state index contributed by atoms with van der Waals surface area (Å²) in [7, 11) is 0. The molecule has 1 heterocycles. The Labute approximate surface area is 148 Å². The molecule has 0 amide bonds. The molecule has 6 heteroatoms. The average Bonchev–Trinajstić information content (AvgIpc) is 2.93. The first kappa shape index (κ1) is 15.6. The van der Waals surface area contributed by atoms with Gasteiger partial charge in [-0.25, -0.2) is 0 Å². The van der Waals surface area contributed by atoms with E-state index in [0.29, 0.717) is 27.4 Å². The van der Waals surface area contributed by atoms with Gasteiger partial charge in [0.25, 0.3) is 0 Å². The largest absolute Gasteiger partial charge is 0.358 e. The summed E-state index contributed by atoms with van der Waals surface area (Å²) < 4.78 is 1.27. The Kier molecular flexibility index (Phi) is 4.84. The summed E-state index contributed by atoms with van der Waals surface area (Å²) >= 11 is 19.2. The van der Waals surface area contributed by atoms with Crippen LogP contribution in [0.4, 0.5) is 5.69 Å². The van der Waals surface area contributed by atoms with Gasteiger partial charge in [0, 0.05) is 11.2 Å². The first-order valence-corrected chi connectivity index (χ1v) is 8.63. The van der Waals surface area contributed by atoms with Gasteiger partial charge in [-0.05, 0) is 46.7 Å². The Hall–Kier alpha value is -1.33. The first-order chi connectivity index (χ1) is 10.6. The number of thiocarbonyl (C=S) groups is 1. The minimum absolute atomic E-state index is 0.467. The summed E-state index contributed by atoms with van der Waals surface area (Å²) in [6, 6.07) is 13.7. The van der Waals surface area contributed by atoms with E-state index in [2.05, 4.69) is 28.1 Å². The highest BCUT2D eigenvalue weighted by molar-refractivity contribution is 7.80. The Morgan fingerprint density at radius 3 is 2.77 bits per heavy atom. The molecule has 112 valence electrons. The van der Waals surface area contributed by atoms with Crippen LogP contribution in [-0.4, -0.2) is 5.11 Å². The Morgan fingerprint density at radius 1 is 1.09 bits per heavy atom. The van der Waals surface area contributed by atoms with Crippen molar-refractivity contribution in [3.63, 3.8) is 0 Å². The second-order valence-corrected chi connectivity index (χ2v) is 6.77. The second kappa shape index (κ2) is 6.84. The van der Waals surface area contributed by atoms with Gasteiger partial charge in [-0.15, -0.1) is 11.3 Å². The highest BCUT2D eigenvalue weighted by Gasteiger charge is 2.07. The zero-order valence-electron chi connectivity index (χ0n) is 11.4. The minimum atomic E-state index is 0.467. The third-order valence-electron chi connectivity index (χ3n) is 3.20. The normalized spacial score (nSPS) is 10.6. The summed E-state index contributed by atoms with van der Waals surface area (Å²) in [5, 5.41) is 11.1. The van der Waals surface area contributed by atoms with Crippen molar-refractivity contribution >= 4 is 67.6 Å². The lowest BCUT2D eigenvalue weighted by atomic mass is 10.2. The average molecular weight is 367 g/mol. The molecule has 0 radical (unpaired) electrons. The standard InChI is InChI=1S/C16H12Cl2N2S2/c17-12-5-3-6-13(15(12)18)20-16(21)19-8-10-9-22-14-7-2-1-4-11(10)14/h1-7,9H,8H2,(H2,19,20,21). The third kappa shape index (κ3) is 3.36. The highest BCUT2D eigenvalue weighted by atomic mass is 35.5. The van der Waals surface area contributed by atoms with Crippen LogP contribution in [0.1, 0.15) is 5.56 Å². The third-order valence-corrected chi connectivity index (χ3v) is 5.28. The lowest BCUT2D eigenvalue weighted by Gasteiger charge is -2.12. The Bertz CT molecular complexity index is 830. The van der Waals surface area contributed by atoms with Crippen LogP contribution in [-0.2, 0) is 6.54 Å². The van der Waals surface area contributed by atoms with Gasteiger partial charge in [-0.3, -0.25) is 0 Å².